The Morgan fingerprint density at radius 1 is 0.818 bits per heavy atom. The van der Waals surface area contributed by atoms with Crippen LogP contribution < -0.4 is 0 Å². The molecule has 4 nitrogen and oxygen atoms in total. The van der Waals surface area contributed by atoms with Crippen LogP contribution >= 0.6 is 0 Å². The van der Waals surface area contributed by atoms with Crippen molar-refractivity contribution in [1.29, 1.82) is 0 Å². The molecule has 33 heavy (non-hydrogen) atoms. The molecule has 1 aliphatic rings. The smallest absolute Gasteiger partial charge is 0.132 e. The largest absolute Gasteiger partial charge is 0.379 e. The Kier molecular flexibility index (Phi) is 6.61. The first-order valence-corrected chi connectivity index (χ1v) is 11.6. The van der Waals surface area contributed by atoms with E-state index < -0.39 is 0 Å². The summed E-state index contributed by atoms with van der Waals surface area (Å²) in [7, 11) is 0. The van der Waals surface area contributed by atoms with E-state index in [1.165, 1.54) is 11.6 Å². The highest BCUT2D eigenvalue weighted by atomic mass is 19.1. The third-order valence-corrected chi connectivity index (χ3v) is 6.22. The summed E-state index contributed by atoms with van der Waals surface area (Å²) >= 11 is 0. The zero-order valence-electron chi connectivity index (χ0n) is 18.7. The lowest BCUT2D eigenvalue weighted by atomic mass is 10.0. The second kappa shape index (κ2) is 10.1. The van der Waals surface area contributed by atoms with Crippen molar-refractivity contribution in [3.63, 3.8) is 0 Å². The maximum atomic E-state index is 14.9. The Morgan fingerprint density at radius 3 is 2.27 bits per heavy atom. The van der Waals surface area contributed by atoms with E-state index >= 15 is 0 Å². The van der Waals surface area contributed by atoms with Crippen molar-refractivity contribution < 1.29 is 9.13 Å². The minimum Gasteiger partial charge on any atom is -0.379 e. The van der Waals surface area contributed by atoms with Crippen LogP contribution in [0.25, 0.3) is 28.1 Å². The molecule has 1 fully saturated rings. The maximum Gasteiger partial charge on any atom is 0.132 e. The molecular weight excluding hydrogens is 413 g/mol. The number of halogens is 1. The van der Waals surface area contributed by atoms with Crippen molar-refractivity contribution in [2.45, 2.75) is 12.8 Å². The number of aryl methyl sites for hydroxylation is 1. The Hall–Kier alpha value is -3.28. The summed E-state index contributed by atoms with van der Waals surface area (Å²) in [5.41, 5.74) is 5.73. The van der Waals surface area contributed by atoms with Crippen molar-refractivity contribution in [2.75, 3.05) is 32.8 Å². The molecule has 0 atom stereocenters. The monoisotopic (exact) mass is 441 g/mol. The predicted molar refractivity (Wildman–Crippen MR) is 130 cm³/mol. The maximum absolute atomic E-state index is 14.9. The number of aromatic nitrogens is 2. The van der Waals surface area contributed by atoms with E-state index in [4.69, 9.17) is 4.74 Å². The molecule has 0 bridgehead atoms. The molecule has 5 heteroatoms. The van der Waals surface area contributed by atoms with E-state index in [1.54, 1.807) is 6.07 Å². The molecule has 0 amide bonds. The first-order valence-electron chi connectivity index (χ1n) is 11.6. The van der Waals surface area contributed by atoms with Crippen molar-refractivity contribution in [1.82, 2.24) is 14.7 Å². The number of morpholine rings is 1. The summed E-state index contributed by atoms with van der Waals surface area (Å²) in [5.74, 6) is -0.227. The molecule has 0 radical (unpaired) electrons. The zero-order chi connectivity index (χ0) is 22.5. The molecule has 1 aromatic heterocycles. The van der Waals surface area contributed by atoms with Gasteiger partial charge in [-0.25, -0.2) is 9.07 Å². The lowest BCUT2D eigenvalue weighted by Gasteiger charge is -2.26. The topological polar surface area (TPSA) is 30.3 Å². The van der Waals surface area contributed by atoms with Gasteiger partial charge in [0.2, 0.25) is 0 Å². The van der Waals surface area contributed by atoms with Gasteiger partial charge in [-0.1, -0.05) is 54.6 Å². The average Bonchev–Trinajstić information content (AvgIpc) is 3.29. The molecule has 0 N–H and O–H groups in total. The molecule has 168 valence electrons. The lowest BCUT2D eigenvalue weighted by molar-refractivity contribution is 0.0375. The fraction of sp³-hybridized carbons (Fsp3) is 0.250. The predicted octanol–water partition coefficient (Wildman–Crippen LogP) is 5.61. The minimum absolute atomic E-state index is 0.227. The summed E-state index contributed by atoms with van der Waals surface area (Å²) < 4.78 is 22.2. The number of benzene rings is 3. The van der Waals surface area contributed by atoms with Crippen LogP contribution in [0.15, 0.2) is 85.1 Å². The fourth-order valence-electron chi connectivity index (χ4n) is 4.44. The number of nitrogens with zero attached hydrogens (tertiary/aromatic N) is 3. The van der Waals surface area contributed by atoms with Gasteiger partial charge in [-0.2, -0.15) is 5.10 Å². The Balaban J connectivity index is 1.44. The van der Waals surface area contributed by atoms with Gasteiger partial charge in [-0.15, -0.1) is 0 Å². The summed E-state index contributed by atoms with van der Waals surface area (Å²) in [6.07, 6.45) is 3.75. The average molecular weight is 442 g/mol. The van der Waals surface area contributed by atoms with Crippen molar-refractivity contribution >= 4 is 0 Å². The van der Waals surface area contributed by atoms with Crippen LogP contribution in [0.5, 0.6) is 0 Å². The van der Waals surface area contributed by atoms with E-state index in [-0.39, 0.29) is 5.82 Å². The molecule has 3 aromatic carbocycles. The van der Waals surface area contributed by atoms with Gasteiger partial charge in [0.25, 0.3) is 0 Å². The molecule has 1 aliphatic heterocycles. The van der Waals surface area contributed by atoms with Gasteiger partial charge in [-0.05, 0) is 60.3 Å². The van der Waals surface area contributed by atoms with Crippen molar-refractivity contribution in [3.05, 3.63) is 96.4 Å². The first kappa shape index (κ1) is 21.6. The van der Waals surface area contributed by atoms with Crippen molar-refractivity contribution in [2.24, 2.45) is 0 Å². The van der Waals surface area contributed by atoms with Crippen LogP contribution in [-0.2, 0) is 11.2 Å². The number of hydrogen-bond acceptors (Lipinski definition) is 3. The second-order valence-corrected chi connectivity index (χ2v) is 8.38. The first-order chi connectivity index (χ1) is 16.3. The number of ether oxygens (including phenoxy) is 1. The lowest BCUT2D eigenvalue weighted by Crippen LogP contribution is -2.36. The van der Waals surface area contributed by atoms with E-state index in [1.807, 2.05) is 41.2 Å². The van der Waals surface area contributed by atoms with Gasteiger partial charge >= 0.3 is 0 Å². The Labute approximate surface area is 194 Å². The quantitative estimate of drug-likeness (QED) is 0.373. The normalized spacial score (nSPS) is 14.5. The Bertz CT molecular complexity index is 1180. The molecule has 2 heterocycles. The van der Waals surface area contributed by atoms with Gasteiger partial charge in [-0.3, -0.25) is 4.90 Å². The van der Waals surface area contributed by atoms with E-state index in [0.717, 1.165) is 68.2 Å². The van der Waals surface area contributed by atoms with Crippen molar-refractivity contribution in [3.8, 4) is 28.1 Å². The summed E-state index contributed by atoms with van der Waals surface area (Å²) in [4.78, 5) is 2.43. The number of hydrogen-bond donors (Lipinski definition) is 0. The van der Waals surface area contributed by atoms with Crippen LogP contribution in [0.1, 0.15) is 12.0 Å². The minimum atomic E-state index is -0.227. The molecule has 0 unspecified atom stereocenters. The fourth-order valence-corrected chi connectivity index (χ4v) is 4.44. The van der Waals surface area contributed by atoms with Crippen LogP contribution in [0.2, 0.25) is 0 Å². The zero-order valence-corrected chi connectivity index (χ0v) is 18.7. The van der Waals surface area contributed by atoms with Crippen LogP contribution in [0, 0.1) is 5.82 Å². The summed E-state index contributed by atoms with van der Waals surface area (Å²) in [6, 6.07) is 25.5. The van der Waals surface area contributed by atoms with Gasteiger partial charge < -0.3 is 4.74 Å². The third kappa shape index (κ3) is 4.90. The van der Waals surface area contributed by atoms with Crippen LogP contribution in [0.4, 0.5) is 4.39 Å². The summed E-state index contributed by atoms with van der Waals surface area (Å²) in [5, 5.41) is 4.69. The van der Waals surface area contributed by atoms with Crippen LogP contribution in [-0.4, -0.2) is 47.5 Å². The molecule has 4 aromatic rings. The molecule has 0 aliphatic carbocycles. The molecule has 5 rings (SSSR count). The third-order valence-electron chi connectivity index (χ3n) is 6.22. The Morgan fingerprint density at radius 2 is 1.52 bits per heavy atom. The molecule has 1 saturated heterocycles. The standard InChI is InChI=1S/C28H28FN3O/c29-27-11-5-4-10-26(27)28-24(9-6-16-31-17-19-33-20-18-31)21-30-32(28)25-14-12-23(13-15-25)22-7-2-1-3-8-22/h1-5,7-8,10-15,21H,6,9,16-20H2. The highest BCUT2D eigenvalue weighted by Gasteiger charge is 2.18. The molecular formula is C28H28FN3O. The summed E-state index contributed by atoms with van der Waals surface area (Å²) in [6.45, 7) is 4.58. The van der Waals surface area contributed by atoms with Gasteiger partial charge in [0.15, 0.2) is 0 Å². The van der Waals surface area contributed by atoms with Gasteiger partial charge in [0, 0.05) is 18.7 Å². The van der Waals surface area contributed by atoms with E-state index in [9.17, 15) is 4.39 Å². The van der Waals surface area contributed by atoms with Crippen LogP contribution in [0.3, 0.4) is 0 Å². The highest BCUT2D eigenvalue weighted by molar-refractivity contribution is 5.68. The molecule has 0 spiro atoms. The van der Waals surface area contributed by atoms with Gasteiger partial charge in [0.05, 0.1) is 30.8 Å². The second-order valence-electron chi connectivity index (χ2n) is 8.38. The van der Waals surface area contributed by atoms with E-state index in [2.05, 4.69) is 46.4 Å². The SMILES string of the molecule is Fc1ccccc1-c1c(CCCN2CCOCC2)cnn1-c1ccc(-c2ccccc2)cc1. The van der Waals surface area contributed by atoms with Gasteiger partial charge in [0.1, 0.15) is 5.82 Å². The van der Waals surface area contributed by atoms with E-state index in [0.29, 0.717) is 5.56 Å². The highest BCUT2D eigenvalue weighted by Crippen LogP contribution is 2.30. The number of rotatable bonds is 7. The molecule has 0 saturated carbocycles.